The standard InChI is InChI=1S/C39H76O4S/c1-5-9-13-17-21-27-35(28-22-18-14-10-6-2)42-38(40)33-25-31-37(44)32-26-34-39(41)43-36(29-23-19-15-11-7-3)30-24-20-16-12-8-4/h35-37,44H,5-34H2,1-4H3. The van der Waals surface area contributed by atoms with Gasteiger partial charge >= 0.3 is 11.9 Å². The average Bonchev–Trinajstić information content (AvgIpc) is 3.00. The van der Waals surface area contributed by atoms with E-state index >= 15 is 0 Å². The molecular weight excluding hydrogens is 564 g/mol. The molecule has 5 heteroatoms. The predicted molar refractivity (Wildman–Crippen MR) is 194 cm³/mol. The van der Waals surface area contributed by atoms with E-state index in [1.54, 1.807) is 0 Å². The third kappa shape index (κ3) is 30.0. The Morgan fingerprint density at radius 1 is 0.409 bits per heavy atom. The van der Waals surface area contributed by atoms with Crippen molar-refractivity contribution in [1.82, 2.24) is 0 Å². The van der Waals surface area contributed by atoms with Crippen molar-refractivity contribution in [3.63, 3.8) is 0 Å². The first-order valence-corrected chi connectivity index (χ1v) is 20.0. The van der Waals surface area contributed by atoms with Crippen LogP contribution in [0.2, 0.25) is 0 Å². The summed E-state index contributed by atoms with van der Waals surface area (Å²) in [4.78, 5) is 25.3. The molecule has 0 rings (SSSR count). The normalized spacial score (nSPS) is 11.6. The molecular formula is C39H76O4S. The highest BCUT2D eigenvalue weighted by molar-refractivity contribution is 7.80. The molecule has 0 amide bonds. The van der Waals surface area contributed by atoms with E-state index in [4.69, 9.17) is 22.1 Å². The van der Waals surface area contributed by atoms with Crippen LogP contribution in [0.5, 0.6) is 0 Å². The van der Waals surface area contributed by atoms with Crippen LogP contribution in [0.3, 0.4) is 0 Å². The summed E-state index contributed by atoms with van der Waals surface area (Å²) in [6, 6.07) is 0. The smallest absolute Gasteiger partial charge is 0.306 e. The summed E-state index contributed by atoms with van der Waals surface area (Å²) >= 11 is 4.77. The second kappa shape index (κ2) is 33.6. The van der Waals surface area contributed by atoms with Gasteiger partial charge in [-0.2, -0.15) is 12.6 Å². The van der Waals surface area contributed by atoms with Gasteiger partial charge in [-0.25, -0.2) is 0 Å². The molecule has 0 aromatic carbocycles. The van der Waals surface area contributed by atoms with E-state index in [0.29, 0.717) is 12.8 Å². The van der Waals surface area contributed by atoms with Crippen LogP contribution in [0.4, 0.5) is 0 Å². The molecule has 4 nitrogen and oxygen atoms in total. The topological polar surface area (TPSA) is 52.6 Å². The number of ether oxygens (including phenoxy) is 2. The van der Waals surface area contributed by atoms with E-state index in [1.165, 1.54) is 103 Å². The van der Waals surface area contributed by atoms with Crippen molar-refractivity contribution in [3.05, 3.63) is 0 Å². The molecule has 0 radical (unpaired) electrons. The molecule has 0 N–H and O–H groups in total. The summed E-state index contributed by atoms with van der Waals surface area (Å²) in [5.41, 5.74) is 0. The molecule has 262 valence electrons. The van der Waals surface area contributed by atoms with Crippen LogP contribution in [0, 0.1) is 0 Å². The van der Waals surface area contributed by atoms with Gasteiger partial charge in [-0.05, 0) is 77.0 Å². The van der Waals surface area contributed by atoms with Crippen molar-refractivity contribution in [2.75, 3.05) is 0 Å². The van der Waals surface area contributed by atoms with Crippen molar-refractivity contribution < 1.29 is 19.1 Å². The minimum Gasteiger partial charge on any atom is -0.462 e. The molecule has 0 aliphatic heterocycles. The van der Waals surface area contributed by atoms with E-state index in [9.17, 15) is 9.59 Å². The molecule has 0 aliphatic carbocycles. The van der Waals surface area contributed by atoms with Gasteiger partial charge in [0.1, 0.15) is 12.2 Å². The number of unbranched alkanes of at least 4 members (excludes halogenated alkanes) is 16. The Hall–Kier alpha value is -0.710. The van der Waals surface area contributed by atoms with Crippen LogP contribution in [0.1, 0.15) is 220 Å². The number of hydrogen-bond donors (Lipinski definition) is 1. The van der Waals surface area contributed by atoms with Gasteiger partial charge in [-0.3, -0.25) is 9.59 Å². The van der Waals surface area contributed by atoms with E-state index in [0.717, 1.165) is 77.0 Å². The molecule has 0 fully saturated rings. The van der Waals surface area contributed by atoms with E-state index < -0.39 is 0 Å². The number of hydrogen-bond acceptors (Lipinski definition) is 5. The second-order valence-electron chi connectivity index (χ2n) is 13.5. The van der Waals surface area contributed by atoms with Gasteiger partial charge in [0.25, 0.3) is 0 Å². The maximum atomic E-state index is 12.7. The Labute approximate surface area is 280 Å². The Kier molecular flexibility index (Phi) is 33.1. The van der Waals surface area contributed by atoms with Gasteiger partial charge in [-0.15, -0.1) is 0 Å². The number of thiol groups is 1. The Bertz CT molecular complexity index is 545. The minimum atomic E-state index is -0.0448. The fourth-order valence-electron chi connectivity index (χ4n) is 6.02. The van der Waals surface area contributed by atoms with Crippen molar-refractivity contribution in [2.45, 2.75) is 238 Å². The summed E-state index contributed by atoms with van der Waals surface area (Å²) in [6.45, 7) is 8.98. The molecule has 0 atom stereocenters. The number of carbonyl (C=O) groups excluding carboxylic acids is 2. The van der Waals surface area contributed by atoms with Gasteiger partial charge in [0.05, 0.1) is 0 Å². The summed E-state index contributed by atoms with van der Waals surface area (Å²) in [5.74, 6) is -0.0895. The van der Waals surface area contributed by atoms with E-state index in [2.05, 4.69) is 27.7 Å². The highest BCUT2D eigenvalue weighted by Gasteiger charge is 2.17. The van der Waals surface area contributed by atoms with Crippen LogP contribution < -0.4 is 0 Å². The van der Waals surface area contributed by atoms with Crippen LogP contribution >= 0.6 is 12.6 Å². The van der Waals surface area contributed by atoms with Crippen molar-refractivity contribution in [1.29, 1.82) is 0 Å². The highest BCUT2D eigenvalue weighted by atomic mass is 32.1. The molecule has 0 saturated carbocycles. The Morgan fingerprint density at radius 3 is 0.955 bits per heavy atom. The van der Waals surface area contributed by atoms with E-state index in [1.807, 2.05) is 0 Å². The lowest BCUT2D eigenvalue weighted by Gasteiger charge is -2.19. The van der Waals surface area contributed by atoms with Crippen LogP contribution in [-0.4, -0.2) is 29.4 Å². The number of rotatable bonds is 34. The first-order chi connectivity index (χ1) is 21.5. The SMILES string of the molecule is CCCCCCCC(CCCCCCC)OC(=O)CCCC(S)CCCC(=O)OC(CCCCCCC)CCCCCCC. The van der Waals surface area contributed by atoms with Gasteiger partial charge < -0.3 is 9.47 Å². The molecule has 0 aliphatic rings. The quantitative estimate of drug-likeness (QED) is 0.0432. The minimum absolute atomic E-state index is 0.0448. The lowest BCUT2D eigenvalue weighted by Crippen LogP contribution is -2.19. The number of carbonyl (C=O) groups is 2. The fraction of sp³-hybridized carbons (Fsp3) is 0.949. The summed E-state index contributed by atoms with van der Waals surface area (Å²) in [7, 11) is 0. The van der Waals surface area contributed by atoms with Gasteiger partial charge in [-0.1, -0.05) is 130 Å². The number of esters is 2. The van der Waals surface area contributed by atoms with Crippen LogP contribution in [0.15, 0.2) is 0 Å². The Balaban J connectivity index is 4.33. The first-order valence-electron chi connectivity index (χ1n) is 19.5. The van der Waals surface area contributed by atoms with E-state index in [-0.39, 0.29) is 29.4 Å². The third-order valence-corrected chi connectivity index (χ3v) is 9.47. The van der Waals surface area contributed by atoms with Crippen molar-refractivity contribution in [2.24, 2.45) is 0 Å². The maximum Gasteiger partial charge on any atom is 0.306 e. The Morgan fingerprint density at radius 2 is 0.682 bits per heavy atom. The molecule has 44 heavy (non-hydrogen) atoms. The summed E-state index contributed by atoms with van der Waals surface area (Å²) in [6.07, 6.45) is 33.5. The fourth-order valence-corrected chi connectivity index (χ4v) is 6.39. The summed E-state index contributed by atoms with van der Waals surface area (Å²) < 4.78 is 11.9. The van der Waals surface area contributed by atoms with Crippen molar-refractivity contribution >= 4 is 24.6 Å². The highest BCUT2D eigenvalue weighted by Crippen LogP contribution is 2.21. The second-order valence-corrected chi connectivity index (χ2v) is 14.2. The maximum absolute atomic E-state index is 12.7. The van der Waals surface area contributed by atoms with Gasteiger partial charge in [0, 0.05) is 18.1 Å². The third-order valence-electron chi connectivity index (χ3n) is 8.95. The largest absolute Gasteiger partial charge is 0.462 e. The van der Waals surface area contributed by atoms with Gasteiger partial charge in [0.2, 0.25) is 0 Å². The van der Waals surface area contributed by atoms with Crippen LogP contribution in [-0.2, 0) is 19.1 Å². The molecule has 0 spiro atoms. The summed E-state index contributed by atoms with van der Waals surface area (Å²) in [5, 5.41) is 0.205. The lowest BCUT2D eigenvalue weighted by molar-refractivity contribution is -0.150. The molecule has 0 unspecified atom stereocenters. The van der Waals surface area contributed by atoms with Gasteiger partial charge in [0.15, 0.2) is 0 Å². The predicted octanol–water partition coefficient (Wildman–Crippen LogP) is 12.9. The zero-order valence-electron chi connectivity index (χ0n) is 30.0. The molecule has 0 bridgehead atoms. The molecule has 0 saturated heterocycles. The van der Waals surface area contributed by atoms with Crippen LogP contribution in [0.25, 0.3) is 0 Å². The molecule has 0 aromatic rings. The zero-order valence-corrected chi connectivity index (χ0v) is 30.9. The monoisotopic (exact) mass is 641 g/mol. The molecule has 0 heterocycles. The average molecular weight is 641 g/mol. The molecule has 0 aromatic heterocycles. The lowest BCUT2D eigenvalue weighted by atomic mass is 10.0. The van der Waals surface area contributed by atoms with Crippen molar-refractivity contribution in [3.8, 4) is 0 Å². The zero-order chi connectivity index (χ0) is 32.5. The first kappa shape index (κ1) is 43.3.